The summed E-state index contributed by atoms with van der Waals surface area (Å²) in [7, 11) is 3.91. The van der Waals surface area contributed by atoms with Crippen LogP contribution >= 0.6 is 0 Å². The molecule has 2 aromatic rings. The smallest absolute Gasteiger partial charge is 0.382 e. The highest BCUT2D eigenvalue weighted by Crippen LogP contribution is 2.23. The van der Waals surface area contributed by atoms with Gasteiger partial charge in [0.05, 0.1) is 26.5 Å². The molecule has 0 atom stereocenters. The number of anilines is 1. The van der Waals surface area contributed by atoms with Crippen LogP contribution in [0.2, 0.25) is 0 Å². The van der Waals surface area contributed by atoms with Crippen molar-refractivity contribution < 1.29 is 4.57 Å². The standard InChI is InChI=1S/C17H24N6/c1-22-11-12-23(2)17(22)21-20-16-9-7-15(8-10-16)19-14-5-3-13(18)4-6-14/h7-14H,3-6,18H2,1-2H3/p+1. The van der Waals surface area contributed by atoms with E-state index in [2.05, 4.69) is 27.7 Å². The Morgan fingerprint density at radius 1 is 1.13 bits per heavy atom. The molecular weight excluding hydrogens is 288 g/mol. The maximum atomic E-state index is 5.95. The Morgan fingerprint density at radius 3 is 2.43 bits per heavy atom. The minimum Gasteiger partial charge on any atom is -0.382 e. The fourth-order valence-electron chi connectivity index (χ4n) is 2.95. The number of aromatic nitrogens is 2. The molecule has 1 aliphatic carbocycles. The second-order valence-electron chi connectivity index (χ2n) is 6.32. The first-order valence-corrected chi connectivity index (χ1v) is 8.16. The Morgan fingerprint density at radius 2 is 1.83 bits per heavy atom. The molecule has 1 aromatic heterocycles. The van der Waals surface area contributed by atoms with E-state index in [0.717, 1.165) is 43.0 Å². The van der Waals surface area contributed by atoms with Crippen LogP contribution in [0.4, 0.5) is 17.3 Å². The lowest BCUT2D eigenvalue weighted by atomic mass is 9.92. The minimum absolute atomic E-state index is 0.384. The zero-order valence-electron chi connectivity index (χ0n) is 13.8. The predicted octanol–water partition coefficient (Wildman–Crippen LogP) is 2.95. The summed E-state index contributed by atoms with van der Waals surface area (Å²) in [4.78, 5) is 0. The van der Waals surface area contributed by atoms with E-state index in [1.54, 1.807) is 0 Å². The third-order valence-corrected chi connectivity index (χ3v) is 4.41. The van der Waals surface area contributed by atoms with E-state index < -0.39 is 0 Å². The molecule has 0 radical (unpaired) electrons. The molecule has 0 aliphatic heterocycles. The van der Waals surface area contributed by atoms with Gasteiger partial charge in [-0.05, 0) is 49.9 Å². The summed E-state index contributed by atoms with van der Waals surface area (Å²) in [5, 5.41) is 12.2. The van der Waals surface area contributed by atoms with Crippen LogP contribution in [0.25, 0.3) is 0 Å². The molecule has 3 rings (SSSR count). The highest BCUT2D eigenvalue weighted by Gasteiger charge is 2.18. The Balaban J connectivity index is 1.61. The summed E-state index contributed by atoms with van der Waals surface area (Å²) in [6.45, 7) is 0. The molecule has 0 saturated heterocycles. The van der Waals surface area contributed by atoms with Crippen molar-refractivity contribution in [2.45, 2.75) is 37.8 Å². The van der Waals surface area contributed by atoms with E-state index in [9.17, 15) is 0 Å². The van der Waals surface area contributed by atoms with Gasteiger partial charge < -0.3 is 11.1 Å². The highest BCUT2D eigenvalue weighted by atomic mass is 15.3. The van der Waals surface area contributed by atoms with E-state index >= 15 is 0 Å². The Bertz CT molecular complexity index is 645. The van der Waals surface area contributed by atoms with E-state index in [-0.39, 0.29) is 0 Å². The zero-order chi connectivity index (χ0) is 16.2. The van der Waals surface area contributed by atoms with Gasteiger partial charge in [-0.3, -0.25) is 0 Å². The largest absolute Gasteiger partial charge is 0.421 e. The molecule has 1 aromatic carbocycles. The van der Waals surface area contributed by atoms with Gasteiger partial charge in [0.2, 0.25) is 0 Å². The fraction of sp³-hybridized carbons (Fsp3) is 0.471. The van der Waals surface area contributed by atoms with Crippen molar-refractivity contribution in [3.05, 3.63) is 36.7 Å². The van der Waals surface area contributed by atoms with Crippen molar-refractivity contribution in [1.29, 1.82) is 0 Å². The maximum Gasteiger partial charge on any atom is 0.421 e. The topological polar surface area (TPSA) is 71.6 Å². The molecule has 122 valence electrons. The highest BCUT2D eigenvalue weighted by molar-refractivity contribution is 5.51. The summed E-state index contributed by atoms with van der Waals surface area (Å²) in [5.41, 5.74) is 7.93. The quantitative estimate of drug-likeness (QED) is 0.673. The molecule has 0 amide bonds. The lowest BCUT2D eigenvalue weighted by Gasteiger charge is -2.27. The van der Waals surface area contributed by atoms with Crippen LogP contribution < -0.4 is 15.6 Å². The monoisotopic (exact) mass is 313 g/mol. The van der Waals surface area contributed by atoms with Crippen LogP contribution in [0.5, 0.6) is 0 Å². The summed E-state index contributed by atoms with van der Waals surface area (Å²) >= 11 is 0. The average Bonchev–Trinajstić information content (AvgIpc) is 2.88. The summed E-state index contributed by atoms with van der Waals surface area (Å²) in [6, 6.07) is 9.02. The van der Waals surface area contributed by atoms with Gasteiger partial charge in [0.15, 0.2) is 0 Å². The molecule has 6 heteroatoms. The predicted molar refractivity (Wildman–Crippen MR) is 91.1 cm³/mol. The van der Waals surface area contributed by atoms with Crippen LogP contribution in [0.3, 0.4) is 0 Å². The number of aryl methyl sites for hydroxylation is 2. The van der Waals surface area contributed by atoms with Gasteiger partial charge in [0, 0.05) is 22.9 Å². The second kappa shape index (κ2) is 6.91. The molecule has 1 heterocycles. The fourth-order valence-corrected chi connectivity index (χ4v) is 2.95. The number of nitrogens with zero attached hydrogens (tertiary/aromatic N) is 4. The van der Waals surface area contributed by atoms with Gasteiger partial charge in [-0.15, -0.1) is 0 Å². The normalized spacial score (nSPS) is 21.7. The second-order valence-corrected chi connectivity index (χ2v) is 6.32. The van der Waals surface area contributed by atoms with Gasteiger partial charge in [-0.25, -0.2) is 9.13 Å². The van der Waals surface area contributed by atoms with Crippen molar-refractivity contribution in [1.82, 2.24) is 4.57 Å². The Labute approximate surface area is 137 Å². The van der Waals surface area contributed by atoms with E-state index in [0.29, 0.717) is 12.1 Å². The number of imidazole rings is 1. The summed E-state index contributed by atoms with van der Waals surface area (Å²) in [5.74, 6) is 0.811. The molecule has 0 bridgehead atoms. The summed E-state index contributed by atoms with van der Waals surface area (Å²) in [6.07, 6.45) is 8.42. The number of azo groups is 1. The van der Waals surface area contributed by atoms with Crippen LogP contribution in [-0.4, -0.2) is 16.7 Å². The van der Waals surface area contributed by atoms with Crippen molar-refractivity contribution in [2.24, 2.45) is 30.1 Å². The first-order valence-electron chi connectivity index (χ1n) is 8.16. The van der Waals surface area contributed by atoms with Crippen molar-refractivity contribution >= 4 is 17.3 Å². The minimum atomic E-state index is 0.384. The SMILES string of the molecule is Cn1cc[n+](C)c1N=Nc1ccc(NC2CCC(N)CC2)cc1. The lowest BCUT2D eigenvalue weighted by Crippen LogP contribution is -2.32. The lowest BCUT2D eigenvalue weighted by molar-refractivity contribution is -0.657. The Kier molecular flexibility index (Phi) is 4.71. The van der Waals surface area contributed by atoms with E-state index in [1.807, 2.05) is 47.8 Å². The number of hydrogen-bond acceptors (Lipinski definition) is 4. The van der Waals surface area contributed by atoms with Gasteiger partial charge in [-0.1, -0.05) is 5.11 Å². The number of nitrogens with one attached hydrogen (secondary N) is 1. The average molecular weight is 313 g/mol. The first kappa shape index (κ1) is 15.7. The maximum absolute atomic E-state index is 5.95. The van der Waals surface area contributed by atoms with Gasteiger partial charge in [-0.2, -0.15) is 0 Å². The number of rotatable bonds is 4. The van der Waals surface area contributed by atoms with Crippen LogP contribution in [0.1, 0.15) is 25.7 Å². The van der Waals surface area contributed by atoms with Crippen LogP contribution in [-0.2, 0) is 14.1 Å². The van der Waals surface area contributed by atoms with Crippen LogP contribution in [0.15, 0.2) is 46.9 Å². The Hall–Kier alpha value is -2.21. The molecule has 1 saturated carbocycles. The summed E-state index contributed by atoms with van der Waals surface area (Å²) < 4.78 is 3.88. The van der Waals surface area contributed by atoms with Crippen molar-refractivity contribution in [2.75, 3.05) is 5.32 Å². The van der Waals surface area contributed by atoms with Gasteiger partial charge in [0.1, 0.15) is 5.69 Å². The van der Waals surface area contributed by atoms with Crippen molar-refractivity contribution in [3.63, 3.8) is 0 Å². The zero-order valence-corrected chi connectivity index (χ0v) is 13.8. The molecular formula is C17H25N6+. The van der Waals surface area contributed by atoms with Crippen molar-refractivity contribution in [3.8, 4) is 0 Å². The number of hydrogen-bond donors (Lipinski definition) is 2. The molecule has 0 spiro atoms. The third kappa shape index (κ3) is 3.96. The molecule has 1 fully saturated rings. The third-order valence-electron chi connectivity index (χ3n) is 4.41. The van der Waals surface area contributed by atoms with Gasteiger partial charge >= 0.3 is 5.95 Å². The van der Waals surface area contributed by atoms with Gasteiger partial charge in [0.25, 0.3) is 0 Å². The molecule has 3 N–H and O–H groups in total. The molecule has 23 heavy (non-hydrogen) atoms. The number of benzene rings is 1. The molecule has 0 unspecified atom stereocenters. The van der Waals surface area contributed by atoms with Crippen LogP contribution in [0, 0.1) is 0 Å². The first-order chi connectivity index (χ1) is 11.1. The van der Waals surface area contributed by atoms with E-state index in [1.165, 1.54) is 0 Å². The molecule has 1 aliphatic rings. The van der Waals surface area contributed by atoms with E-state index in [4.69, 9.17) is 5.73 Å². The number of nitrogens with two attached hydrogens (primary N) is 1. The molecule has 6 nitrogen and oxygen atoms in total.